The van der Waals surface area contributed by atoms with E-state index in [1.165, 1.54) is 0 Å². The standard InChI is InChI=1S/C23H23NO3S/c1-15-20(23(26)27-12-10-16-6-3-2-4-7-16)21(17-11-13-28-14-17)22-18(24-15)8-5-9-19(22)25/h2-4,6-7,11,13-14,20-21H,5,8-10,12H2,1H3/t20?,21-/m0/s1. The molecule has 28 heavy (non-hydrogen) atoms. The molecule has 4 rings (SSSR count). The zero-order valence-electron chi connectivity index (χ0n) is 15.9. The van der Waals surface area contributed by atoms with Gasteiger partial charge in [-0.3, -0.25) is 14.6 Å². The van der Waals surface area contributed by atoms with Crippen molar-refractivity contribution in [2.45, 2.75) is 38.5 Å². The number of nitrogens with zero attached hydrogens (tertiary/aromatic N) is 1. The van der Waals surface area contributed by atoms with Crippen molar-refractivity contribution in [3.8, 4) is 0 Å². The molecular formula is C23H23NO3S. The summed E-state index contributed by atoms with van der Waals surface area (Å²) in [7, 11) is 0. The number of thiophene rings is 1. The number of rotatable bonds is 5. The van der Waals surface area contributed by atoms with Gasteiger partial charge in [0.2, 0.25) is 0 Å². The monoisotopic (exact) mass is 393 g/mol. The largest absolute Gasteiger partial charge is 0.465 e. The molecule has 1 aliphatic heterocycles. The predicted octanol–water partition coefficient (Wildman–Crippen LogP) is 4.72. The highest BCUT2D eigenvalue weighted by Gasteiger charge is 2.43. The molecule has 0 bridgehead atoms. The molecule has 1 unspecified atom stereocenters. The fourth-order valence-corrected chi connectivity index (χ4v) is 4.82. The van der Waals surface area contributed by atoms with Crippen molar-refractivity contribution in [1.82, 2.24) is 0 Å². The number of carbonyl (C=O) groups excluding carboxylic acids is 2. The Morgan fingerprint density at radius 2 is 2.04 bits per heavy atom. The van der Waals surface area contributed by atoms with Gasteiger partial charge in [0.05, 0.1) is 6.61 Å². The zero-order valence-corrected chi connectivity index (χ0v) is 16.7. The van der Waals surface area contributed by atoms with E-state index in [0.29, 0.717) is 19.4 Å². The second kappa shape index (κ2) is 8.23. The molecule has 0 saturated carbocycles. The van der Waals surface area contributed by atoms with Crippen LogP contribution >= 0.6 is 11.3 Å². The number of aliphatic imine (C=N–C) groups is 1. The number of hydrogen-bond acceptors (Lipinski definition) is 5. The van der Waals surface area contributed by atoms with Gasteiger partial charge in [-0.25, -0.2) is 0 Å². The van der Waals surface area contributed by atoms with Crippen molar-refractivity contribution in [1.29, 1.82) is 0 Å². The highest BCUT2D eigenvalue weighted by Crippen LogP contribution is 2.44. The minimum absolute atomic E-state index is 0.121. The van der Waals surface area contributed by atoms with E-state index in [2.05, 4.69) is 4.99 Å². The fourth-order valence-electron chi connectivity index (χ4n) is 4.13. The average Bonchev–Trinajstić information content (AvgIpc) is 3.22. The average molecular weight is 394 g/mol. The maximum atomic E-state index is 13.1. The molecule has 1 aliphatic carbocycles. The molecule has 0 radical (unpaired) electrons. The quantitative estimate of drug-likeness (QED) is 0.691. The van der Waals surface area contributed by atoms with E-state index in [4.69, 9.17) is 4.74 Å². The molecule has 4 nitrogen and oxygen atoms in total. The SMILES string of the molecule is CC1=NC2=C(C(=O)CCC2)[C@@H](c2ccsc2)C1C(=O)OCCc1ccccc1. The van der Waals surface area contributed by atoms with Crippen LogP contribution in [0.25, 0.3) is 0 Å². The maximum Gasteiger partial charge on any atom is 0.315 e. The van der Waals surface area contributed by atoms with Crippen molar-refractivity contribution in [3.63, 3.8) is 0 Å². The second-order valence-corrected chi connectivity index (χ2v) is 8.09. The van der Waals surface area contributed by atoms with Crippen LogP contribution in [-0.4, -0.2) is 24.1 Å². The number of Topliss-reactive ketones (excluding diaryl/α,β-unsaturated/α-hetero) is 1. The number of carbonyl (C=O) groups is 2. The fraction of sp³-hybridized carbons (Fsp3) is 0.348. The van der Waals surface area contributed by atoms with Crippen LogP contribution in [0.15, 0.2) is 63.4 Å². The van der Waals surface area contributed by atoms with E-state index in [1.54, 1.807) is 11.3 Å². The van der Waals surface area contributed by atoms with Crippen molar-refractivity contribution in [3.05, 3.63) is 69.6 Å². The molecule has 0 fully saturated rings. The third kappa shape index (κ3) is 3.72. The summed E-state index contributed by atoms with van der Waals surface area (Å²) in [6.07, 6.45) is 2.83. The molecule has 0 spiro atoms. The van der Waals surface area contributed by atoms with Crippen LogP contribution in [0.5, 0.6) is 0 Å². The topological polar surface area (TPSA) is 55.7 Å². The van der Waals surface area contributed by atoms with Crippen LogP contribution in [-0.2, 0) is 20.7 Å². The molecule has 2 aromatic rings. The van der Waals surface area contributed by atoms with Crippen LogP contribution in [0.1, 0.15) is 43.2 Å². The van der Waals surface area contributed by atoms with Crippen LogP contribution in [0.4, 0.5) is 0 Å². The highest BCUT2D eigenvalue weighted by atomic mass is 32.1. The van der Waals surface area contributed by atoms with Gasteiger partial charge in [0.25, 0.3) is 0 Å². The first kappa shape index (κ1) is 18.8. The van der Waals surface area contributed by atoms with Gasteiger partial charge in [-0.15, -0.1) is 0 Å². The van der Waals surface area contributed by atoms with E-state index in [0.717, 1.165) is 41.0 Å². The first-order valence-corrected chi connectivity index (χ1v) is 10.6. The smallest absolute Gasteiger partial charge is 0.315 e. The number of esters is 1. The Morgan fingerprint density at radius 1 is 1.21 bits per heavy atom. The molecule has 144 valence electrons. The molecule has 0 N–H and O–H groups in total. The molecule has 0 amide bonds. The summed E-state index contributed by atoms with van der Waals surface area (Å²) in [6.45, 7) is 2.20. The first-order chi connectivity index (χ1) is 13.6. The van der Waals surface area contributed by atoms with Crippen molar-refractivity contribution >= 4 is 28.8 Å². The van der Waals surface area contributed by atoms with Gasteiger partial charge in [-0.2, -0.15) is 11.3 Å². The summed E-state index contributed by atoms with van der Waals surface area (Å²) in [5.41, 5.74) is 4.46. The van der Waals surface area contributed by atoms with E-state index >= 15 is 0 Å². The Hall–Kier alpha value is -2.53. The van der Waals surface area contributed by atoms with Gasteiger partial charge in [-0.1, -0.05) is 30.3 Å². The zero-order chi connectivity index (χ0) is 19.5. The second-order valence-electron chi connectivity index (χ2n) is 7.31. The lowest BCUT2D eigenvalue weighted by Gasteiger charge is -2.33. The molecule has 2 heterocycles. The molecule has 1 aromatic heterocycles. The normalized spacial score (nSPS) is 21.9. The van der Waals surface area contributed by atoms with Gasteiger partial charge in [0, 0.05) is 35.7 Å². The summed E-state index contributed by atoms with van der Waals surface area (Å²) in [5.74, 6) is -0.990. The van der Waals surface area contributed by atoms with Crippen molar-refractivity contribution in [2.24, 2.45) is 10.9 Å². The third-order valence-electron chi connectivity index (χ3n) is 5.47. The predicted molar refractivity (Wildman–Crippen MR) is 111 cm³/mol. The van der Waals surface area contributed by atoms with Gasteiger partial charge in [0.1, 0.15) is 5.92 Å². The maximum absolute atomic E-state index is 13.1. The number of allylic oxidation sites excluding steroid dienone is 2. The lowest BCUT2D eigenvalue weighted by atomic mass is 9.72. The lowest BCUT2D eigenvalue weighted by Crippen LogP contribution is -2.37. The van der Waals surface area contributed by atoms with Crippen LogP contribution in [0.2, 0.25) is 0 Å². The lowest BCUT2D eigenvalue weighted by molar-refractivity contribution is -0.146. The number of ether oxygens (including phenoxy) is 1. The van der Waals surface area contributed by atoms with Crippen LogP contribution < -0.4 is 0 Å². The molecule has 5 heteroatoms. The molecular weight excluding hydrogens is 370 g/mol. The van der Waals surface area contributed by atoms with Crippen LogP contribution in [0, 0.1) is 5.92 Å². The van der Waals surface area contributed by atoms with Gasteiger partial charge in [-0.05, 0) is 47.7 Å². The molecule has 1 aromatic carbocycles. The molecule has 2 atom stereocenters. The van der Waals surface area contributed by atoms with E-state index in [9.17, 15) is 9.59 Å². The number of hydrogen-bond donors (Lipinski definition) is 0. The van der Waals surface area contributed by atoms with Crippen molar-refractivity contribution in [2.75, 3.05) is 6.61 Å². The Kier molecular flexibility index (Phi) is 5.53. The van der Waals surface area contributed by atoms with E-state index in [1.807, 2.05) is 54.1 Å². The summed E-state index contributed by atoms with van der Waals surface area (Å²) >= 11 is 1.58. The summed E-state index contributed by atoms with van der Waals surface area (Å²) in [5, 5.41) is 4.02. The minimum Gasteiger partial charge on any atom is -0.465 e. The Morgan fingerprint density at radius 3 is 2.79 bits per heavy atom. The Bertz CT molecular complexity index is 928. The number of ketones is 1. The van der Waals surface area contributed by atoms with E-state index in [-0.39, 0.29) is 17.7 Å². The molecule has 0 saturated heterocycles. The Labute approximate surface area is 169 Å². The third-order valence-corrected chi connectivity index (χ3v) is 6.17. The highest BCUT2D eigenvalue weighted by molar-refractivity contribution is 7.08. The van der Waals surface area contributed by atoms with Gasteiger partial charge in [0.15, 0.2) is 5.78 Å². The summed E-state index contributed by atoms with van der Waals surface area (Å²) < 4.78 is 5.65. The van der Waals surface area contributed by atoms with E-state index < -0.39 is 5.92 Å². The Balaban J connectivity index is 1.58. The van der Waals surface area contributed by atoms with Crippen LogP contribution in [0.3, 0.4) is 0 Å². The first-order valence-electron chi connectivity index (χ1n) is 9.69. The summed E-state index contributed by atoms with van der Waals surface area (Å²) in [4.78, 5) is 30.4. The van der Waals surface area contributed by atoms with Crippen molar-refractivity contribution < 1.29 is 14.3 Å². The van der Waals surface area contributed by atoms with Gasteiger partial charge >= 0.3 is 5.97 Å². The summed E-state index contributed by atoms with van der Waals surface area (Å²) in [6, 6.07) is 12.0. The number of benzene rings is 1. The van der Waals surface area contributed by atoms with Gasteiger partial charge < -0.3 is 4.74 Å². The minimum atomic E-state index is -0.536. The molecule has 2 aliphatic rings.